The lowest BCUT2D eigenvalue weighted by Gasteiger charge is -2.15. The minimum absolute atomic E-state index is 0.387. The predicted octanol–water partition coefficient (Wildman–Crippen LogP) is 4.50. The van der Waals surface area contributed by atoms with Gasteiger partial charge in [-0.05, 0) is 12.8 Å². The molecule has 2 N–H and O–H groups in total. The molecule has 0 aromatic heterocycles. The van der Waals surface area contributed by atoms with E-state index in [1.54, 1.807) is 0 Å². The van der Waals surface area contributed by atoms with Crippen molar-refractivity contribution < 1.29 is 19.4 Å². The van der Waals surface area contributed by atoms with Crippen LogP contribution in [0.25, 0.3) is 0 Å². The van der Waals surface area contributed by atoms with Crippen LogP contribution in [0.3, 0.4) is 0 Å². The van der Waals surface area contributed by atoms with Gasteiger partial charge in [-0.25, -0.2) is 9.59 Å². The largest absolute Gasteiger partial charge is 0.465 e. The highest BCUT2D eigenvalue weighted by atomic mass is 16.5. The highest BCUT2D eigenvalue weighted by Crippen LogP contribution is 2.08. The zero-order valence-electron chi connectivity index (χ0n) is 14.2. The predicted molar refractivity (Wildman–Crippen MR) is 88.0 cm³/mol. The molecule has 5 heteroatoms. The highest BCUT2D eigenvalue weighted by Gasteiger charge is 2.21. The van der Waals surface area contributed by atoms with Gasteiger partial charge in [0.05, 0.1) is 6.61 Å². The van der Waals surface area contributed by atoms with Gasteiger partial charge in [-0.15, -0.1) is 0 Å². The topological polar surface area (TPSA) is 75.6 Å². The van der Waals surface area contributed by atoms with E-state index in [0.717, 1.165) is 32.1 Å². The van der Waals surface area contributed by atoms with Crippen LogP contribution in [0.2, 0.25) is 0 Å². The third-order valence-electron chi connectivity index (χ3n) is 3.67. The second-order valence-electron chi connectivity index (χ2n) is 5.79. The first kappa shape index (κ1) is 20.7. The quantitative estimate of drug-likeness (QED) is 0.365. The standard InChI is InChI=1S/C17H33NO4/c1-3-5-7-8-9-10-12-14-22-16(19)15(18-17(20)21)13-11-6-4-2/h15,18H,3-14H2,1-2H3,(H,20,21). The number of rotatable bonds is 14. The van der Waals surface area contributed by atoms with Crippen LogP contribution in [0.4, 0.5) is 4.79 Å². The van der Waals surface area contributed by atoms with Crippen LogP contribution in [0, 0.1) is 0 Å². The average molecular weight is 315 g/mol. The fourth-order valence-corrected chi connectivity index (χ4v) is 2.33. The molecule has 0 aromatic rings. The highest BCUT2D eigenvalue weighted by molar-refractivity contribution is 5.80. The molecule has 0 saturated heterocycles. The van der Waals surface area contributed by atoms with Gasteiger partial charge < -0.3 is 15.2 Å². The van der Waals surface area contributed by atoms with Crippen molar-refractivity contribution >= 4 is 12.1 Å². The van der Waals surface area contributed by atoms with Crippen molar-refractivity contribution in [2.24, 2.45) is 0 Å². The number of hydrogen-bond donors (Lipinski definition) is 2. The number of carbonyl (C=O) groups is 2. The van der Waals surface area contributed by atoms with Gasteiger partial charge in [0, 0.05) is 0 Å². The van der Waals surface area contributed by atoms with E-state index in [9.17, 15) is 9.59 Å². The Morgan fingerprint density at radius 2 is 1.45 bits per heavy atom. The summed E-state index contributed by atoms with van der Waals surface area (Å²) < 4.78 is 5.20. The van der Waals surface area contributed by atoms with Crippen molar-refractivity contribution in [1.29, 1.82) is 0 Å². The summed E-state index contributed by atoms with van der Waals surface area (Å²) in [6, 6.07) is -0.728. The maximum Gasteiger partial charge on any atom is 0.405 e. The number of carboxylic acid groups (broad SMARTS) is 1. The average Bonchev–Trinajstić information content (AvgIpc) is 2.48. The Balaban J connectivity index is 3.79. The Kier molecular flexibility index (Phi) is 13.8. The number of hydrogen-bond acceptors (Lipinski definition) is 3. The Bertz CT molecular complexity index is 294. The van der Waals surface area contributed by atoms with Crippen molar-refractivity contribution in [1.82, 2.24) is 5.32 Å². The van der Waals surface area contributed by atoms with E-state index in [4.69, 9.17) is 9.84 Å². The number of amides is 1. The molecular weight excluding hydrogens is 282 g/mol. The van der Waals surface area contributed by atoms with Crippen LogP contribution in [-0.4, -0.2) is 29.8 Å². The van der Waals surface area contributed by atoms with Crippen LogP contribution in [-0.2, 0) is 9.53 Å². The fraction of sp³-hybridized carbons (Fsp3) is 0.882. The molecule has 5 nitrogen and oxygen atoms in total. The monoisotopic (exact) mass is 315 g/mol. The van der Waals surface area contributed by atoms with Crippen LogP contribution < -0.4 is 5.32 Å². The minimum atomic E-state index is -1.17. The van der Waals surface area contributed by atoms with Gasteiger partial charge in [0.15, 0.2) is 0 Å². The molecule has 0 aliphatic heterocycles. The molecule has 0 fully saturated rings. The summed E-state index contributed by atoms with van der Waals surface area (Å²) in [5.41, 5.74) is 0. The Hall–Kier alpha value is -1.26. The molecule has 0 saturated carbocycles. The SMILES string of the molecule is CCCCCCCCCOC(=O)C(CCCCC)NC(=O)O. The summed E-state index contributed by atoms with van der Waals surface area (Å²) in [6.07, 6.45) is 10.3. The Morgan fingerprint density at radius 3 is 2.05 bits per heavy atom. The molecule has 0 aromatic carbocycles. The maximum atomic E-state index is 11.9. The molecule has 1 atom stereocenters. The summed E-state index contributed by atoms with van der Waals surface area (Å²) in [6.45, 7) is 4.65. The molecule has 0 bridgehead atoms. The first-order valence-corrected chi connectivity index (χ1v) is 8.77. The van der Waals surface area contributed by atoms with Gasteiger partial charge in [0.1, 0.15) is 6.04 Å². The first-order valence-electron chi connectivity index (χ1n) is 8.77. The summed E-state index contributed by atoms with van der Waals surface area (Å²) in [5, 5.41) is 11.0. The fourth-order valence-electron chi connectivity index (χ4n) is 2.33. The Labute approximate surface area is 134 Å². The summed E-state index contributed by atoms with van der Waals surface area (Å²) in [5.74, 6) is -0.440. The number of carbonyl (C=O) groups excluding carboxylic acids is 1. The molecule has 0 aliphatic rings. The second-order valence-corrected chi connectivity index (χ2v) is 5.79. The van der Waals surface area contributed by atoms with Gasteiger partial charge in [-0.1, -0.05) is 71.6 Å². The van der Waals surface area contributed by atoms with Crippen molar-refractivity contribution in [2.45, 2.75) is 90.5 Å². The second kappa shape index (κ2) is 14.7. The summed E-state index contributed by atoms with van der Waals surface area (Å²) >= 11 is 0. The van der Waals surface area contributed by atoms with E-state index in [1.165, 1.54) is 32.1 Å². The van der Waals surface area contributed by atoms with Gasteiger partial charge in [-0.3, -0.25) is 0 Å². The van der Waals surface area contributed by atoms with E-state index < -0.39 is 18.1 Å². The van der Waals surface area contributed by atoms with Crippen molar-refractivity contribution in [2.75, 3.05) is 6.61 Å². The lowest BCUT2D eigenvalue weighted by molar-refractivity contribution is -0.146. The normalized spacial score (nSPS) is 11.9. The lowest BCUT2D eigenvalue weighted by Crippen LogP contribution is -2.41. The third-order valence-corrected chi connectivity index (χ3v) is 3.67. The number of ether oxygens (including phenoxy) is 1. The van der Waals surface area contributed by atoms with Gasteiger partial charge >= 0.3 is 12.1 Å². The van der Waals surface area contributed by atoms with Crippen LogP contribution in [0.5, 0.6) is 0 Å². The zero-order chi connectivity index (χ0) is 16.6. The van der Waals surface area contributed by atoms with Crippen molar-refractivity contribution in [3.63, 3.8) is 0 Å². The number of esters is 1. The molecule has 1 amide bonds. The summed E-state index contributed by atoms with van der Waals surface area (Å²) in [7, 11) is 0. The lowest BCUT2D eigenvalue weighted by atomic mass is 10.1. The first-order chi connectivity index (χ1) is 10.6. The van der Waals surface area contributed by atoms with Crippen LogP contribution >= 0.6 is 0 Å². The van der Waals surface area contributed by atoms with Crippen LogP contribution in [0.1, 0.15) is 84.5 Å². The molecular formula is C17H33NO4. The maximum absolute atomic E-state index is 11.9. The van der Waals surface area contributed by atoms with E-state index in [1.807, 2.05) is 0 Å². The van der Waals surface area contributed by atoms with Crippen LogP contribution in [0.15, 0.2) is 0 Å². The van der Waals surface area contributed by atoms with Gasteiger partial charge in [-0.2, -0.15) is 0 Å². The number of nitrogens with one attached hydrogen (secondary N) is 1. The molecule has 1 unspecified atom stereocenters. The molecule has 0 radical (unpaired) electrons. The molecule has 0 aliphatic carbocycles. The van der Waals surface area contributed by atoms with Gasteiger partial charge in [0.25, 0.3) is 0 Å². The third kappa shape index (κ3) is 12.5. The van der Waals surface area contributed by atoms with E-state index in [-0.39, 0.29) is 0 Å². The van der Waals surface area contributed by atoms with E-state index in [2.05, 4.69) is 19.2 Å². The van der Waals surface area contributed by atoms with E-state index >= 15 is 0 Å². The van der Waals surface area contributed by atoms with Gasteiger partial charge in [0.2, 0.25) is 0 Å². The summed E-state index contributed by atoms with van der Waals surface area (Å²) in [4.78, 5) is 22.6. The van der Waals surface area contributed by atoms with E-state index in [0.29, 0.717) is 13.0 Å². The Morgan fingerprint density at radius 1 is 0.909 bits per heavy atom. The molecule has 0 heterocycles. The molecule has 130 valence electrons. The molecule has 0 spiro atoms. The molecule has 22 heavy (non-hydrogen) atoms. The van der Waals surface area contributed by atoms with Crippen molar-refractivity contribution in [3.05, 3.63) is 0 Å². The molecule has 0 rings (SSSR count). The number of unbranched alkanes of at least 4 members (excludes halogenated alkanes) is 8. The van der Waals surface area contributed by atoms with Crippen molar-refractivity contribution in [3.8, 4) is 0 Å². The smallest absolute Gasteiger partial charge is 0.405 e. The zero-order valence-corrected chi connectivity index (χ0v) is 14.2. The minimum Gasteiger partial charge on any atom is -0.465 e.